The number of aromatic nitrogens is 1. The van der Waals surface area contributed by atoms with Gasteiger partial charge in [-0.25, -0.2) is 9.98 Å². The Balaban J connectivity index is 1.63. The first-order valence-electron chi connectivity index (χ1n) is 10.5. The Kier molecular flexibility index (Phi) is 8.31. The van der Waals surface area contributed by atoms with E-state index in [4.69, 9.17) is 14.2 Å². The molecule has 3 rings (SSSR count). The van der Waals surface area contributed by atoms with E-state index in [1.807, 2.05) is 37.3 Å². The average Bonchev–Trinajstić information content (AvgIpc) is 2.83. The SMILES string of the molecule is CCNC(=NCc1ccc(Oc2c(OC)cccc2OC)nc1)NCc1ccc(C)cc1. The third-order valence-corrected chi connectivity index (χ3v) is 4.73. The summed E-state index contributed by atoms with van der Waals surface area (Å²) in [6.07, 6.45) is 1.75. The lowest BCUT2D eigenvalue weighted by molar-refractivity contribution is 0.342. The quantitative estimate of drug-likeness (QED) is 0.383. The number of guanidine groups is 1. The number of pyridine rings is 1. The second-order valence-electron chi connectivity index (χ2n) is 7.13. The van der Waals surface area contributed by atoms with Gasteiger partial charge in [-0.3, -0.25) is 0 Å². The van der Waals surface area contributed by atoms with Crippen LogP contribution in [0.15, 0.2) is 65.8 Å². The fourth-order valence-electron chi connectivity index (χ4n) is 2.99. The zero-order chi connectivity index (χ0) is 22.8. The van der Waals surface area contributed by atoms with E-state index in [-0.39, 0.29) is 0 Å². The van der Waals surface area contributed by atoms with E-state index < -0.39 is 0 Å². The maximum Gasteiger partial charge on any atom is 0.219 e. The summed E-state index contributed by atoms with van der Waals surface area (Å²) in [4.78, 5) is 9.07. The van der Waals surface area contributed by atoms with Gasteiger partial charge in [-0.2, -0.15) is 0 Å². The average molecular weight is 435 g/mol. The van der Waals surface area contributed by atoms with Crippen molar-refractivity contribution in [2.24, 2.45) is 4.99 Å². The Morgan fingerprint density at radius 1 is 0.906 bits per heavy atom. The molecular weight excluding hydrogens is 404 g/mol. The molecule has 0 saturated heterocycles. The van der Waals surface area contributed by atoms with Crippen LogP contribution in [0.4, 0.5) is 0 Å². The fraction of sp³-hybridized carbons (Fsp3) is 0.280. The molecule has 0 aliphatic heterocycles. The van der Waals surface area contributed by atoms with Crippen molar-refractivity contribution in [1.82, 2.24) is 15.6 Å². The zero-order valence-electron chi connectivity index (χ0n) is 19.0. The van der Waals surface area contributed by atoms with Crippen molar-refractivity contribution in [3.63, 3.8) is 0 Å². The number of para-hydroxylation sites is 1. The van der Waals surface area contributed by atoms with Crippen LogP contribution in [0.3, 0.4) is 0 Å². The molecular formula is C25H30N4O3. The Labute approximate surface area is 189 Å². The molecule has 0 unspecified atom stereocenters. The second-order valence-corrected chi connectivity index (χ2v) is 7.13. The molecule has 0 amide bonds. The molecule has 0 spiro atoms. The van der Waals surface area contributed by atoms with Crippen LogP contribution in [0.25, 0.3) is 0 Å². The van der Waals surface area contributed by atoms with Crippen molar-refractivity contribution < 1.29 is 14.2 Å². The van der Waals surface area contributed by atoms with E-state index in [1.165, 1.54) is 11.1 Å². The normalized spacial score (nSPS) is 11.1. The van der Waals surface area contributed by atoms with Crippen LogP contribution in [0.1, 0.15) is 23.6 Å². The highest BCUT2D eigenvalue weighted by molar-refractivity contribution is 5.79. The monoisotopic (exact) mass is 434 g/mol. The van der Waals surface area contributed by atoms with Crippen LogP contribution in [-0.2, 0) is 13.1 Å². The Hall–Kier alpha value is -3.74. The first kappa shape index (κ1) is 22.9. The van der Waals surface area contributed by atoms with Crippen molar-refractivity contribution in [2.75, 3.05) is 20.8 Å². The molecule has 0 aliphatic rings. The summed E-state index contributed by atoms with van der Waals surface area (Å²) in [6.45, 7) is 6.11. The minimum Gasteiger partial charge on any atom is -0.493 e. The summed E-state index contributed by atoms with van der Waals surface area (Å²) >= 11 is 0. The van der Waals surface area contributed by atoms with E-state index >= 15 is 0 Å². The summed E-state index contributed by atoms with van der Waals surface area (Å²) in [5.41, 5.74) is 3.42. The number of benzene rings is 2. The number of nitrogens with zero attached hydrogens (tertiary/aromatic N) is 2. The number of ether oxygens (including phenoxy) is 3. The molecule has 7 heteroatoms. The van der Waals surface area contributed by atoms with Gasteiger partial charge in [-0.15, -0.1) is 0 Å². The molecule has 2 N–H and O–H groups in total. The third kappa shape index (κ3) is 6.38. The minimum atomic E-state index is 0.449. The summed E-state index contributed by atoms with van der Waals surface area (Å²) < 4.78 is 16.7. The van der Waals surface area contributed by atoms with Gasteiger partial charge in [0, 0.05) is 25.4 Å². The smallest absolute Gasteiger partial charge is 0.219 e. The van der Waals surface area contributed by atoms with Crippen molar-refractivity contribution in [2.45, 2.75) is 26.9 Å². The molecule has 168 valence electrons. The van der Waals surface area contributed by atoms with Crippen molar-refractivity contribution in [1.29, 1.82) is 0 Å². The van der Waals surface area contributed by atoms with E-state index in [9.17, 15) is 0 Å². The molecule has 0 atom stereocenters. The Bertz CT molecular complexity index is 996. The van der Waals surface area contributed by atoms with Gasteiger partial charge < -0.3 is 24.8 Å². The molecule has 2 aromatic carbocycles. The summed E-state index contributed by atoms with van der Waals surface area (Å²) in [5.74, 6) is 2.85. The van der Waals surface area contributed by atoms with E-state index in [1.54, 1.807) is 20.4 Å². The number of methoxy groups -OCH3 is 2. The Morgan fingerprint density at radius 3 is 2.19 bits per heavy atom. The maximum atomic E-state index is 5.92. The largest absolute Gasteiger partial charge is 0.493 e. The summed E-state index contributed by atoms with van der Waals surface area (Å²) in [5, 5.41) is 6.63. The fourth-order valence-corrected chi connectivity index (χ4v) is 2.99. The molecule has 0 radical (unpaired) electrons. The summed E-state index contributed by atoms with van der Waals surface area (Å²) in [7, 11) is 3.18. The topological polar surface area (TPSA) is 77.0 Å². The molecule has 0 fully saturated rings. The van der Waals surface area contributed by atoms with Crippen LogP contribution < -0.4 is 24.8 Å². The van der Waals surface area contributed by atoms with Gasteiger partial charge in [0.2, 0.25) is 11.6 Å². The van der Waals surface area contributed by atoms with Crippen molar-refractivity contribution in [3.05, 3.63) is 77.5 Å². The van der Waals surface area contributed by atoms with Gasteiger partial charge in [0.05, 0.1) is 20.8 Å². The molecule has 7 nitrogen and oxygen atoms in total. The summed E-state index contributed by atoms with van der Waals surface area (Å²) in [6, 6.07) is 17.7. The lowest BCUT2D eigenvalue weighted by Crippen LogP contribution is -2.36. The number of rotatable bonds is 9. The van der Waals surface area contributed by atoms with Gasteiger partial charge >= 0.3 is 0 Å². The standard InChI is InChI=1S/C25H30N4O3/c1-5-26-25(28-15-19-11-9-18(2)10-12-19)29-17-20-13-14-23(27-16-20)32-24-21(30-3)7-6-8-22(24)31-4/h6-14,16H,5,15,17H2,1-4H3,(H2,26,28,29). The van der Waals surface area contributed by atoms with E-state index in [0.29, 0.717) is 36.2 Å². The molecule has 0 aliphatic carbocycles. The van der Waals surface area contributed by atoms with Crippen molar-refractivity contribution in [3.8, 4) is 23.1 Å². The lowest BCUT2D eigenvalue weighted by atomic mass is 10.1. The number of hydrogen-bond acceptors (Lipinski definition) is 5. The zero-order valence-corrected chi connectivity index (χ0v) is 19.0. The lowest BCUT2D eigenvalue weighted by Gasteiger charge is -2.13. The highest BCUT2D eigenvalue weighted by Gasteiger charge is 2.13. The number of aryl methyl sites for hydroxylation is 1. The van der Waals surface area contributed by atoms with E-state index in [0.717, 1.165) is 18.1 Å². The van der Waals surface area contributed by atoms with Gasteiger partial charge in [-0.05, 0) is 37.1 Å². The minimum absolute atomic E-state index is 0.449. The molecule has 3 aromatic rings. The highest BCUT2D eigenvalue weighted by atomic mass is 16.5. The van der Waals surface area contributed by atoms with Gasteiger partial charge in [-0.1, -0.05) is 42.0 Å². The van der Waals surface area contributed by atoms with Crippen LogP contribution in [0.5, 0.6) is 23.1 Å². The predicted octanol–water partition coefficient (Wildman–Crippen LogP) is 4.45. The molecule has 1 heterocycles. The predicted molar refractivity (Wildman–Crippen MR) is 127 cm³/mol. The van der Waals surface area contributed by atoms with Crippen LogP contribution in [0, 0.1) is 6.92 Å². The van der Waals surface area contributed by atoms with Crippen LogP contribution in [-0.4, -0.2) is 31.7 Å². The molecule has 0 saturated carbocycles. The van der Waals surface area contributed by atoms with Crippen LogP contribution in [0.2, 0.25) is 0 Å². The molecule has 1 aromatic heterocycles. The van der Waals surface area contributed by atoms with Gasteiger partial charge in [0.25, 0.3) is 0 Å². The number of aliphatic imine (C=N–C) groups is 1. The third-order valence-electron chi connectivity index (χ3n) is 4.73. The first-order chi connectivity index (χ1) is 15.6. The van der Waals surface area contributed by atoms with E-state index in [2.05, 4.69) is 51.8 Å². The number of nitrogens with one attached hydrogen (secondary N) is 2. The maximum absolute atomic E-state index is 5.92. The van der Waals surface area contributed by atoms with Gasteiger partial charge in [0.1, 0.15) is 0 Å². The van der Waals surface area contributed by atoms with Crippen LogP contribution >= 0.6 is 0 Å². The first-order valence-corrected chi connectivity index (χ1v) is 10.5. The second kappa shape index (κ2) is 11.6. The highest BCUT2D eigenvalue weighted by Crippen LogP contribution is 2.39. The Morgan fingerprint density at radius 2 is 1.59 bits per heavy atom. The van der Waals surface area contributed by atoms with Gasteiger partial charge in [0.15, 0.2) is 17.5 Å². The molecule has 0 bridgehead atoms. The number of hydrogen-bond donors (Lipinski definition) is 2. The molecule has 32 heavy (non-hydrogen) atoms. The van der Waals surface area contributed by atoms with Crippen molar-refractivity contribution >= 4 is 5.96 Å².